The highest BCUT2D eigenvalue weighted by Crippen LogP contribution is 2.04. The van der Waals surface area contributed by atoms with E-state index in [0.717, 1.165) is 37.1 Å². The van der Waals surface area contributed by atoms with Gasteiger partial charge in [-0.15, -0.1) is 0 Å². The molecule has 0 aliphatic rings. The largest absolute Gasteiger partial charge is 0.300 e. The first-order chi connectivity index (χ1) is 6.20. The van der Waals surface area contributed by atoms with Gasteiger partial charge in [-0.25, -0.2) is 0 Å². The van der Waals surface area contributed by atoms with Crippen LogP contribution in [0.5, 0.6) is 0 Å². The number of unbranched alkanes of at least 4 members (excludes halogenated alkanes) is 1. The van der Waals surface area contributed by atoms with Crippen LogP contribution in [0.15, 0.2) is 4.79 Å². The van der Waals surface area contributed by atoms with E-state index in [9.17, 15) is 4.79 Å². The minimum absolute atomic E-state index is 0.161. The molecule has 0 aliphatic heterocycles. The molecule has 1 rings (SSSR count). The lowest BCUT2D eigenvalue weighted by Crippen LogP contribution is -2.17. The number of aromatic nitrogens is 2. The topological polar surface area (TPSA) is 37.8 Å². The SMILES string of the molecule is CCCCc1c(C)[nH]n(CC)c1=O. The number of hydrogen-bond donors (Lipinski definition) is 1. The van der Waals surface area contributed by atoms with Crippen molar-refractivity contribution in [3.63, 3.8) is 0 Å². The van der Waals surface area contributed by atoms with E-state index in [4.69, 9.17) is 0 Å². The quantitative estimate of drug-likeness (QED) is 0.758. The maximum absolute atomic E-state index is 11.7. The number of nitrogens with one attached hydrogen (secondary N) is 1. The zero-order chi connectivity index (χ0) is 9.84. The number of hydrogen-bond acceptors (Lipinski definition) is 1. The van der Waals surface area contributed by atoms with Crippen molar-refractivity contribution in [2.45, 2.75) is 46.6 Å². The molecule has 3 heteroatoms. The summed E-state index contributed by atoms with van der Waals surface area (Å²) in [7, 11) is 0. The number of aromatic amines is 1. The van der Waals surface area contributed by atoms with E-state index in [1.54, 1.807) is 4.68 Å². The third-order valence-electron chi connectivity index (χ3n) is 2.36. The van der Waals surface area contributed by atoms with Crippen LogP contribution in [0.1, 0.15) is 37.9 Å². The van der Waals surface area contributed by atoms with Crippen LogP contribution in [0.3, 0.4) is 0 Å². The molecule has 0 aromatic carbocycles. The highest BCUT2D eigenvalue weighted by atomic mass is 16.1. The zero-order valence-corrected chi connectivity index (χ0v) is 8.68. The molecule has 0 aliphatic carbocycles. The molecule has 3 nitrogen and oxygen atoms in total. The molecule has 0 saturated carbocycles. The Labute approximate surface area is 78.8 Å². The Kier molecular flexibility index (Phi) is 3.34. The minimum atomic E-state index is 0.161. The van der Waals surface area contributed by atoms with Gasteiger partial charge in [0, 0.05) is 17.8 Å². The highest BCUT2D eigenvalue weighted by molar-refractivity contribution is 5.15. The van der Waals surface area contributed by atoms with Crippen LogP contribution in [-0.4, -0.2) is 9.78 Å². The van der Waals surface area contributed by atoms with Crippen molar-refractivity contribution in [1.29, 1.82) is 0 Å². The smallest absolute Gasteiger partial charge is 0.269 e. The first-order valence-electron chi connectivity index (χ1n) is 4.99. The third-order valence-corrected chi connectivity index (χ3v) is 2.36. The average Bonchev–Trinajstić information content (AvgIpc) is 2.39. The molecule has 1 aromatic heterocycles. The van der Waals surface area contributed by atoms with Gasteiger partial charge in [0.25, 0.3) is 5.56 Å². The molecular formula is C10H18N2O. The van der Waals surface area contributed by atoms with E-state index in [1.165, 1.54) is 0 Å². The van der Waals surface area contributed by atoms with Crippen LogP contribution in [0.4, 0.5) is 0 Å². The summed E-state index contributed by atoms with van der Waals surface area (Å²) in [6.45, 7) is 6.81. The van der Waals surface area contributed by atoms with Crippen LogP contribution >= 0.6 is 0 Å². The lowest BCUT2D eigenvalue weighted by Gasteiger charge is -1.93. The van der Waals surface area contributed by atoms with Crippen molar-refractivity contribution in [2.24, 2.45) is 0 Å². The summed E-state index contributed by atoms with van der Waals surface area (Å²) in [5.74, 6) is 0. The Morgan fingerprint density at radius 3 is 2.54 bits per heavy atom. The summed E-state index contributed by atoms with van der Waals surface area (Å²) in [5.41, 5.74) is 2.15. The van der Waals surface area contributed by atoms with Crippen molar-refractivity contribution in [2.75, 3.05) is 0 Å². The normalized spacial score (nSPS) is 10.7. The van der Waals surface area contributed by atoms with Gasteiger partial charge in [0.05, 0.1) is 0 Å². The van der Waals surface area contributed by atoms with E-state index < -0.39 is 0 Å². The Balaban J connectivity index is 2.92. The van der Waals surface area contributed by atoms with Gasteiger partial charge < -0.3 is 0 Å². The summed E-state index contributed by atoms with van der Waals surface area (Å²) in [4.78, 5) is 11.7. The molecule has 0 amide bonds. The predicted molar refractivity (Wildman–Crippen MR) is 54.1 cm³/mol. The van der Waals surface area contributed by atoms with Crippen molar-refractivity contribution in [3.8, 4) is 0 Å². The molecule has 74 valence electrons. The van der Waals surface area contributed by atoms with Crippen molar-refractivity contribution >= 4 is 0 Å². The molecular weight excluding hydrogens is 164 g/mol. The number of H-pyrrole nitrogens is 1. The Bertz CT molecular complexity index is 322. The van der Waals surface area contributed by atoms with Crippen molar-refractivity contribution < 1.29 is 0 Å². The maximum atomic E-state index is 11.7. The Hall–Kier alpha value is -0.990. The van der Waals surface area contributed by atoms with Gasteiger partial charge in [-0.2, -0.15) is 0 Å². The molecule has 0 spiro atoms. The predicted octanol–water partition coefficient (Wildman–Crippen LogP) is 1.85. The molecule has 1 N–H and O–H groups in total. The fraction of sp³-hybridized carbons (Fsp3) is 0.700. The molecule has 1 aromatic rings. The fourth-order valence-corrected chi connectivity index (χ4v) is 1.51. The summed E-state index contributed by atoms with van der Waals surface area (Å²) in [5, 5.41) is 3.08. The first kappa shape index (κ1) is 10.1. The molecule has 13 heavy (non-hydrogen) atoms. The molecule has 0 fully saturated rings. The number of nitrogens with zero attached hydrogens (tertiary/aromatic N) is 1. The van der Waals surface area contributed by atoms with Gasteiger partial charge in [0.15, 0.2) is 0 Å². The maximum Gasteiger partial charge on any atom is 0.269 e. The van der Waals surface area contributed by atoms with Crippen LogP contribution in [0.2, 0.25) is 0 Å². The molecule has 0 radical (unpaired) electrons. The van der Waals surface area contributed by atoms with Crippen molar-refractivity contribution in [1.82, 2.24) is 9.78 Å². The van der Waals surface area contributed by atoms with E-state index in [-0.39, 0.29) is 5.56 Å². The van der Waals surface area contributed by atoms with Gasteiger partial charge in [-0.1, -0.05) is 13.3 Å². The average molecular weight is 182 g/mol. The third kappa shape index (κ3) is 2.02. The van der Waals surface area contributed by atoms with Crippen molar-refractivity contribution in [3.05, 3.63) is 21.6 Å². The summed E-state index contributed by atoms with van der Waals surface area (Å²) < 4.78 is 1.67. The van der Waals surface area contributed by atoms with E-state index in [1.807, 2.05) is 13.8 Å². The lowest BCUT2D eigenvalue weighted by molar-refractivity contribution is 0.631. The summed E-state index contributed by atoms with van der Waals surface area (Å²) >= 11 is 0. The molecule has 1 heterocycles. The van der Waals surface area contributed by atoms with Gasteiger partial charge in [0.1, 0.15) is 0 Å². The minimum Gasteiger partial charge on any atom is -0.300 e. The fourth-order valence-electron chi connectivity index (χ4n) is 1.51. The van der Waals surface area contributed by atoms with Crippen LogP contribution < -0.4 is 5.56 Å². The number of rotatable bonds is 4. The zero-order valence-electron chi connectivity index (χ0n) is 8.68. The van der Waals surface area contributed by atoms with Gasteiger partial charge in [0.2, 0.25) is 0 Å². The first-order valence-corrected chi connectivity index (χ1v) is 4.99. The molecule has 0 atom stereocenters. The Morgan fingerprint density at radius 2 is 2.08 bits per heavy atom. The summed E-state index contributed by atoms with van der Waals surface area (Å²) in [6, 6.07) is 0. The van der Waals surface area contributed by atoms with E-state index >= 15 is 0 Å². The van der Waals surface area contributed by atoms with Gasteiger partial charge in [-0.05, 0) is 26.7 Å². The highest BCUT2D eigenvalue weighted by Gasteiger charge is 2.08. The van der Waals surface area contributed by atoms with E-state index in [2.05, 4.69) is 12.0 Å². The van der Waals surface area contributed by atoms with Gasteiger partial charge in [-0.3, -0.25) is 14.6 Å². The second-order valence-electron chi connectivity index (χ2n) is 3.37. The standard InChI is InChI=1S/C10H18N2O/c1-4-6-7-9-8(3)11-12(5-2)10(9)13/h11H,4-7H2,1-3H3. The second-order valence-corrected chi connectivity index (χ2v) is 3.37. The van der Waals surface area contributed by atoms with Crippen LogP contribution in [0.25, 0.3) is 0 Å². The molecule has 0 bridgehead atoms. The Morgan fingerprint density at radius 1 is 1.38 bits per heavy atom. The summed E-state index contributed by atoms with van der Waals surface area (Å²) in [6.07, 6.45) is 3.14. The van der Waals surface area contributed by atoms with Crippen LogP contribution in [-0.2, 0) is 13.0 Å². The second kappa shape index (κ2) is 4.30. The van der Waals surface area contributed by atoms with Gasteiger partial charge >= 0.3 is 0 Å². The van der Waals surface area contributed by atoms with Crippen LogP contribution in [0, 0.1) is 6.92 Å². The molecule has 0 saturated heterocycles. The molecule has 0 unspecified atom stereocenters. The monoisotopic (exact) mass is 182 g/mol. The van der Waals surface area contributed by atoms with E-state index in [0.29, 0.717) is 0 Å². The lowest BCUT2D eigenvalue weighted by atomic mass is 10.1. The number of aryl methyl sites for hydroxylation is 2.